The number of carbonyl (C=O) groups is 1. The smallest absolute Gasteiger partial charge is 0.262 e. The zero-order chi connectivity index (χ0) is 21.3. The van der Waals surface area contributed by atoms with Crippen LogP contribution in [0.2, 0.25) is 0 Å². The summed E-state index contributed by atoms with van der Waals surface area (Å²) in [6, 6.07) is 9.55. The van der Waals surface area contributed by atoms with Gasteiger partial charge < -0.3 is 24.4 Å². The first-order valence-electron chi connectivity index (χ1n) is 10.4. The van der Waals surface area contributed by atoms with Crippen LogP contribution in [-0.2, 0) is 16.0 Å². The maximum Gasteiger partial charge on any atom is 0.262 e. The van der Waals surface area contributed by atoms with Crippen molar-refractivity contribution in [1.29, 1.82) is 0 Å². The minimum atomic E-state index is -0.256. The van der Waals surface area contributed by atoms with Crippen molar-refractivity contribution in [3.63, 3.8) is 0 Å². The molecule has 1 aromatic heterocycles. The van der Waals surface area contributed by atoms with E-state index in [2.05, 4.69) is 29.0 Å². The Morgan fingerprint density at radius 3 is 2.70 bits per heavy atom. The molecule has 1 saturated heterocycles. The van der Waals surface area contributed by atoms with Crippen LogP contribution in [0.1, 0.15) is 33.3 Å². The number of amides is 1. The minimum Gasteiger partial charge on any atom is -0.483 e. The number of ether oxygens (including phenoxy) is 3. The lowest BCUT2D eigenvalue weighted by atomic mass is 10.0. The van der Waals surface area contributed by atoms with E-state index in [0.717, 1.165) is 36.6 Å². The molecule has 3 heterocycles. The Bertz CT molecular complexity index is 903. The second-order valence-electron chi connectivity index (χ2n) is 8.69. The van der Waals surface area contributed by atoms with Crippen LogP contribution < -0.4 is 19.7 Å². The van der Waals surface area contributed by atoms with Gasteiger partial charge in [0, 0.05) is 25.1 Å². The number of rotatable bonds is 5. The van der Waals surface area contributed by atoms with Gasteiger partial charge in [0.15, 0.2) is 18.1 Å². The quantitative estimate of drug-likeness (QED) is 0.813. The normalized spacial score (nSPS) is 22.2. The van der Waals surface area contributed by atoms with Crippen LogP contribution in [0, 0.1) is 0 Å². The van der Waals surface area contributed by atoms with Crippen LogP contribution in [0.5, 0.6) is 11.5 Å². The third-order valence-electron chi connectivity index (χ3n) is 5.19. The molecule has 1 aromatic carbocycles. The molecule has 1 fully saturated rings. The van der Waals surface area contributed by atoms with Crippen LogP contribution >= 0.6 is 0 Å². The Labute approximate surface area is 177 Å². The van der Waals surface area contributed by atoms with Crippen LogP contribution in [0.4, 0.5) is 11.5 Å². The molecule has 2 aliphatic heterocycles. The fourth-order valence-electron chi connectivity index (χ4n) is 4.05. The molecule has 2 atom stereocenters. The molecule has 0 aliphatic carbocycles. The number of anilines is 2. The number of para-hydroxylation sites is 1. The summed E-state index contributed by atoms with van der Waals surface area (Å²) in [6.07, 6.45) is 2.83. The average molecular weight is 412 g/mol. The molecule has 2 unspecified atom stereocenters. The van der Waals surface area contributed by atoms with Crippen molar-refractivity contribution in [2.24, 2.45) is 0 Å². The first-order valence-corrected chi connectivity index (χ1v) is 10.4. The minimum absolute atomic E-state index is 0.0967. The average Bonchev–Trinajstić information content (AvgIpc) is 3.00. The summed E-state index contributed by atoms with van der Waals surface area (Å²) in [4.78, 5) is 19.1. The Hall–Kier alpha value is -2.80. The van der Waals surface area contributed by atoms with Gasteiger partial charge in [0.2, 0.25) is 0 Å². The van der Waals surface area contributed by atoms with Crippen molar-refractivity contribution in [2.45, 2.75) is 51.9 Å². The van der Waals surface area contributed by atoms with E-state index in [-0.39, 0.29) is 30.3 Å². The topological polar surface area (TPSA) is 72.9 Å². The fourth-order valence-corrected chi connectivity index (χ4v) is 4.05. The van der Waals surface area contributed by atoms with E-state index in [0.29, 0.717) is 11.4 Å². The monoisotopic (exact) mass is 411 g/mol. The first kappa shape index (κ1) is 20.5. The Kier molecular flexibility index (Phi) is 5.56. The Morgan fingerprint density at radius 1 is 1.23 bits per heavy atom. The van der Waals surface area contributed by atoms with Gasteiger partial charge in [0.05, 0.1) is 24.1 Å². The van der Waals surface area contributed by atoms with E-state index in [4.69, 9.17) is 14.2 Å². The highest BCUT2D eigenvalue weighted by Gasteiger charge is 2.32. The Balaban J connectivity index is 1.33. The van der Waals surface area contributed by atoms with Gasteiger partial charge in [-0.1, -0.05) is 12.1 Å². The molecule has 4 rings (SSSR count). The van der Waals surface area contributed by atoms with E-state index >= 15 is 0 Å². The zero-order valence-electron chi connectivity index (χ0n) is 18.0. The van der Waals surface area contributed by atoms with Gasteiger partial charge in [-0.3, -0.25) is 4.79 Å². The van der Waals surface area contributed by atoms with Crippen molar-refractivity contribution in [2.75, 3.05) is 29.9 Å². The van der Waals surface area contributed by atoms with Crippen molar-refractivity contribution >= 4 is 17.4 Å². The summed E-state index contributed by atoms with van der Waals surface area (Å²) >= 11 is 0. The Morgan fingerprint density at radius 2 is 2.00 bits per heavy atom. The molecule has 30 heavy (non-hydrogen) atoms. The molecule has 7 nitrogen and oxygen atoms in total. The van der Waals surface area contributed by atoms with E-state index in [1.54, 1.807) is 6.20 Å². The van der Waals surface area contributed by atoms with Crippen LogP contribution in [0.25, 0.3) is 0 Å². The summed E-state index contributed by atoms with van der Waals surface area (Å²) in [6.45, 7) is 9.71. The molecular weight excluding hydrogens is 382 g/mol. The van der Waals surface area contributed by atoms with E-state index in [1.165, 1.54) is 0 Å². The zero-order valence-corrected chi connectivity index (χ0v) is 18.0. The van der Waals surface area contributed by atoms with Gasteiger partial charge in [-0.25, -0.2) is 4.98 Å². The molecular formula is C23H29N3O4. The third-order valence-corrected chi connectivity index (χ3v) is 5.19. The molecule has 2 aliphatic rings. The second-order valence-corrected chi connectivity index (χ2v) is 8.69. The molecule has 2 aromatic rings. The van der Waals surface area contributed by atoms with Crippen molar-refractivity contribution < 1.29 is 19.0 Å². The van der Waals surface area contributed by atoms with Crippen LogP contribution in [0.3, 0.4) is 0 Å². The molecule has 0 radical (unpaired) electrons. The second kappa shape index (κ2) is 8.14. The van der Waals surface area contributed by atoms with E-state index in [9.17, 15) is 4.79 Å². The third kappa shape index (κ3) is 4.67. The summed E-state index contributed by atoms with van der Waals surface area (Å²) < 4.78 is 17.5. The van der Waals surface area contributed by atoms with Gasteiger partial charge >= 0.3 is 0 Å². The van der Waals surface area contributed by atoms with Gasteiger partial charge in [-0.15, -0.1) is 0 Å². The van der Waals surface area contributed by atoms with Crippen LogP contribution in [0.15, 0.2) is 36.5 Å². The molecule has 0 spiro atoms. The number of pyridine rings is 1. The summed E-state index contributed by atoms with van der Waals surface area (Å²) in [5.74, 6) is 1.96. The maximum atomic E-state index is 12.4. The van der Waals surface area contributed by atoms with Crippen molar-refractivity contribution in [1.82, 2.24) is 4.98 Å². The standard InChI is InChI=1S/C23H29N3O4/c1-15-12-26(13-16(2)29-15)20-9-8-18(11-24-20)25-21(27)14-28-19-7-5-6-17-10-23(3,4)30-22(17)19/h5-9,11,15-16H,10,12-14H2,1-4H3,(H,25,27). The molecule has 0 saturated carbocycles. The number of benzene rings is 1. The number of nitrogens with one attached hydrogen (secondary N) is 1. The maximum absolute atomic E-state index is 12.4. The lowest BCUT2D eigenvalue weighted by Crippen LogP contribution is -2.45. The number of carbonyl (C=O) groups excluding carboxylic acids is 1. The number of fused-ring (bicyclic) bond motifs is 1. The highest BCUT2D eigenvalue weighted by molar-refractivity contribution is 5.91. The van der Waals surface area contributed by atoms with Gasteiger partial charge in [-0.05, 0) is 45.9 Å². The van der Waals surface area contributed by atoms with E-state index < -0.39 is 0 Å². The predicted octanol–water partition coefficient (Wildman–Crippen LogP) is 3.43. The fraction of sp³-hybridized carbons (Fsp3) is 0.478. The number of hydrogen-bond acceptors (Lipinski definition) is 6. The predicted molar refractivity (Wildman–Crippen MR) is 115 cm³/mol. The lowest BCUT2D eigenvalue weighted by Gasteiger charge is -2.36. The van der Waals surface area contributed by atoms with Gasteiger partial charge in [-0.2, -0.15) is 0 Å². The molecule has 1 N–H and O–H groups in total. The van der Waals surface area contributed by atoms with Crippen LogP contribution in [-0.4, -0.2) is 48.4 Å². The number of nitrogens with zero attached hydrogens (tertiary/aromatic N) is 2. The largest absolute Gasteiger partial charge is 0.483 e. The molecule has 160 valence electrons. The van der Waals surface area contributed by atoms with E-state index in [1.807, 2.05) is 44.2 Å². The SMILES string of the molecule is CC1CN(c2ccc(NC(=O)COc3cccc4c3OC(C)(C)C4)cn2)CC(C)O1. The summed E-state index contributed by atoms with van der Waals surface area (Å²) in [7, 11) is 0. The van der Waals surface area contributed by atoms with Crippen molar-refractivity contribution in [3.05, 3.63) is 42.1 Å². The number of hydrogen-bond donors (Lipinski definition) is 1. The number of morpholine rings is 1. The molecule has 7 heteroatoms. The molecule has 0 bridgehead atoms. The lowest BCUT2D eigenvalue weighted by molar-refractivity contribution is -0.118. The highest BCUT2D eigenvalue weighted by Crippen LogP contribution is 2.41. The van der Waals surface area contributed by atoms with Gasteiger partial charge in [0.1, 0.15) is 11.4 Å². The summed E-state index contributed by atoms with van der Waals surface area (Å²) in [5.41, 5.74) is 1.48. The molecule has 1 amide bonds. The van der Waals surface area contributed by atoms with Crippen molar-refractivity contribution in [3.8, 4) is 11.5 Å². The summed E-state index contributed by atoms with van der Waals surface area (Å²) in [5, 5.41) is 2.83. The number of aromatic nitrogens is 1. The first-order chi connectivity index (χ1) is 14.3. The highest BCUT2D eigenvalue weighted by atomic mass is 16.5. The van der Waals surface area contributed by atoms with Gasteiger partial charge in [0.25, 0.3) is 5.91 Å².